The summed E-state index contributed by atoms with van der Waals surface area (Å²) < 4.78 is 0. The molecule has 2 aromatic heterocycles. The largest absolute Gasteiger partial charge is 0.508 e. The van der Waals surface area contributed by atoms with Gasteiger partial charge in [-0.3, -0.25) is 0 Å². The molecule has 3 aromatic rings. The van der Waals surface area contributed by atoms with Crippen molar-refractivity contribution >= 4 is 28.5 Å². The van der Waals surface area contributed by atoms with Gasteiger partial charge in [0.15, 0.2) is 5.65 Å². The SMILES string of the molecule is Oc1cccc(CNc2nc(Cl)nc3ncccc23)c1. The minimum atomic E-state index is 0.148. The Bertz CT molecular complexity index is 763. The van der Waals surface area contributed by atoms with Crippen molar-refractivity contribution in [3.8, 4) is 5.75 Å². The molecule has 1 aromatic carbocycles. The molecule has 0 unspecified atom stereocenters. The first kappa shape index (κ1) is 12.6. The van der Waals surface area contributed by atoms with Gasteiger partial charge < -0.3 is 10.4 Å². The number of hydrogen-bond donors (Lipinski definition) is 2. The summed E-state index contributed by atoms with van der Waals surface area (Å²) in [6.07, 6.45) is 1.66. The van der Waals surface area contributed by atoms with Crippen LogP contribution in [0.4, 0.5) is 5.82 Å². The van der Waals surface area contributed by atoms with E-state index < -0.39 is 0 Å². The standard InChI is InChI=1S/C14H11ClN4O/c15-14-18-12-11(5-2-6-16-12)13(19-14)17-8-9-3-1-4-10(20)7-9/h1-7,20H,8H2,(H,16,17,18,19). The lowest BCUT2D eigenvalue weighted by Gasteiger charge is -2.08. The Morgan fingerprint density at radius 3 is 2.90 bits per heavy atom. The van der Waals surface area contributed by atoms with E-state index in [9.17, 15) is 5.11 Å². The fourth-order valence-corrected chi connectivity index (χ4v) is 2.09. The fourth-order valence-electron chi connectivity index (χ4n) is 1.92. The van der Waals surface area contributed by atoms with Crippen molar-refractivity contribution < 1.29 is 5.11 Å². The van der Waals surface area contributed by atoms with Gasteiger partial charge in [0.05, 0.1) is 5.39 Å². The van der Waals surface area contributed by atoms with Gasteiger partial charge in [0.25, 0.3) is 0 Å². The number of benzene rings is 1. The maximum atomic E-state index is 9.44. The molecule has 0 fully saturated rings. The number of pyridine rings is 1. The Labute approximate surface area is 120 Å². The van der Waals surface area contributed by atoms with E-state index in [2.05, 4.69) is 20.3 Å². The van der Waals surface area contributed by atoms with E-state index >= 15 is 0 Å². The van der Waals surface area contributed by atoms with Crippen LogP contribution < -0.4 is 5.32 Å². The molecule has 0 amide bonds. The molecule has 0 bridgehead atoms. The fraction of sp³-hybridized carbons (Fsp3) is 0.0714. The van der Waals surface area contributed by atoms with Gasteiger partial charge in [-0.2, -0.15) is 4.98 Å². The molecule has 20 heavy (non-hydrogen) atoms. The molecule has 0 aliphatic rings. The van der Waals surface area contributed by atoms with Crippen molar-refractivity contribution in [2.24, 2.45) is 0 Å². The van der Waals surface area contributed by atoms with Crippen LogP contribution in [0.5, 0.6) is 5.75 Å². The summed E-state index contributed by atoms with van der Waals surface area (Å²) in [7, 11) is 0. The first-order chi connectivity index (χ1) is 9.72. The number of rotatable bonds is 3. The number of nitrogens with zero attached hydrogens (tertiary/aromatic N) is 3. The Hall–Kier alpha value is -2.40. The molecular formula is C14H11ClN4O. The zero-order valence-corrected chi connectivity index (χ0v) is 11.2. The second-order valence-corrected chi connectivity index (χ2v) is 4.58. The zero-order chi connectivity index (χ0) is 13.9. The van der Waals surface area contributed by atoms with Crippen LogP contribution in [0, 0.1) is 0 Å². The number of hydrogen-bond acceptors (Lipinski definition) is 5. The van der Waals surface area contributed by atoms with E-state index in [4.69, 9.17) is 11.6 Å². The monoisotopic (exact) mass is 286 g/mol. The third-order valence-corrected chi connectivity index (χ3v) is 2.98. The van der Waals surface area contributed by atoms with Crippen LogP contribution in [0.3, 0.4) is 0 Å². The second-order valence-electron chi connectivity index (χ2n) is 4.24. The van der Waals surface area contributed by atoms with Crippen LogP contribution in [0.1, 0.15) is 5.56 Å². The van der Waals surface area contributed by atoms with E-state index in [1.165, 1.54) is 0 Å². The molecule has 2 N–H and O–H groups in total. The Balaban J connectivity index is 1.91. The third-order valence-electron chi connectivity index (χ3n) is 2.81. The van der Waals surface area contributed by atoms with Gasteiger partial charge >= 0.3 is 0 Å². The second kappa shape index (κ2) is 5.30. The lowest BCUT2D eigenvalue weighted by Crippen LogP contribution is -2.03. The first-order valence-corrected chi connectivity index (χ1v) is 6.40. The summed E-state index contributed by atoms with van der Waals surface area (Å²) in [6.45, 7) is 0.520. The number of anilines is 1. The highest BCUT2D eigenvalue weighted by molar-refractivity contribution is 6.28. The maximum Gasteiger partial charge on any atom is 0.226 e. The highest BCUT2D eigenvalue weighted by Gasteiger charge is 2.07. The Morgan fingerprint density at radius 2 is 2.05 bits per heavy atom. The minimum Gasteiger partial charge on any atom is -0.508 e. The van der Waals surface area contributed by atoms with E-state index in [-0.39, 0.29) is 11.0 Å². The lowest BCUT2D eigenvalue weighted by atomic mass is 10.2. The molecule has 0 radical (unpaired) electrons. The zero-order valence-electron chi connectivity index (χ0n) is 10.4. The van der Waals surface area contributed by atoms with Gasteiger partial charge in [-0.15, -0.1) is 0 Å². The van der Waals surface area contributed by atoms with Gasteiger partial charge in [-0.25, -0.2) is 9.97 Å². The summed E-state index contributed by atoms with van der Waals surface area (Å²) in [5.41, 5.74) is 1.49. The topological polar surface area (TPSA) is 70.9 Å². The molecule has 0 atom stereocenters. The number of fused-ring (bicyclic) bond motifs is 1. The number of aromatic hydroxyl groups is 1. The molecule has 100 valence electrons. The normalized spacial score (nSPS) is 10.7. The smallest absolute Gasteiger partial charge is 0.226 e. The molecule has 0 spiro atoms. The number of halogens is 1. The van der Waals surface area contributed by atoms with E-state index in [0.717, 1.165) is 10.9 Å². The van der Waals surface area contributed by atoms with Crippen LogP contribution in [0.15, 0.2) is 42.6 Å². The molecular weight excluding hydrogens is 276 g/mol. The van der Waals surface area contributed by atoms with Crippen molar-refractivity contribution in [1.82, 2.24) is 15.0 Å². The predicted molar refractivity (Wildman–Crippen MR) is 77.8 cm³/mol. The summed E-state index contributed by atoms with van der Waals surface area (Å²) in [5.74, 6) is 0.855. The van der Waals surface area contributed by atoms with Crippen LogP contribution in [0.25, 0.3) is 11.0 Å². The number of phenols is 1. The lowest BCUT2D eigenvalue weighted by molar-refractivity contribution is 0.474. The van der Waals surface area contributed by atoms with E-state index in [1.54, 1.807) is 24.4 Å². The van der Waals surface area contributed by atoms with Crippen LogP contribution >= 0.6 is 11.6 Å². The molecule has 5 nitrogen and oxygen atoms in total. The molecule has 0 saturated carbocycles. The van der Waals surface area contributed by atoms with E-state index in [1.807, 2.05) is 18.2 Å². The highest BCUT2D eigenvalue weighted by Crippen LogP contribution is 2.21. The quantitative estimate of drug-likeness (QED) is 0.724. The van der Waals surface area contributed by atoms with Crippen LogP contribution in [-0.4, -0.2) is 20.1 Å². The van der Waals surface area contributed by atoms with E-state index in [0.29, 0.717) is 18.0 Å². The van der Waals surface area contributed by atoms with Gasteiger partial charge in [0.1, 0.15) is 11.6 Å². The first-order valence-electron chi connectivity index (χ1n) is 6.02. The molecule has 0 aliphatic heterocycles. The van der Waals surface area contributed by atoms with Gasteiger partial charge in [0, 0.05) is 12.7 Å². The number of aromatic nitrogens is 3. The molecule has 0 aliphatic carbocycles. The van der Waals surface area contributed by atoms with Gasteiger partial charge in [-0.05, 0) is 41.4 Å². The van der Waals surface area contributed by atoms with Gasteiger partial charge in [0.2, 0.25) is 5.28 Å². The summed E-state index contributed by atoms with van der Waals surface area (Å²) in [5, 5.41) is 13.6. The molecule has 2 heterocycles. The maximum absolute atomic E-state index is 9.44. The highest BCUT2D eigenvalue weighted by atomic mass is 35.5. The average Bonchev–Trinajstić information content (AvgIpc) is 2.44. The van der Waals surface area contributed by atoms with Crippen molar-refractivity contribution in [3.63, 3.8) is 0 Å². The summed E-state index contributed by atoms with van der Waals surface area (Å²) >= 11 is 5.89. The van der Waals surface area contributed by atoms with Crippen molar-refractivity contribution in [3.05, 3.63) is 53.4 Å². The van der Waals surface area contributed by atoms with Crippen molar-refractivity contribution in [1.29, 1.82) is 0 Å². The van der Waals surface area contributed by atoms with Crippen molar-refractivity contribution in [2.75, 3.05) is 5.32 Å². The van der Waals surface area contributed by atoms with Crippen molar-refractivity contribution in [2.45, 2.75) is 6.54 Å². The molecule has 0 saturated heterocycles. The number of phenolic OH excluding ortho intramolecular Hbond substituents is 1. The third kappa shape index (κ3) is 2.62. The van der Waals surface area contributed by atoms with Gasteiger partial charge in [-0.1, -0.05) is 12.1 Å². The Morgan fingerprint density at radius 1 is 1.15 bits per heavy atom. The number of nitrogens with one attached hydrogen (secondary N) is 1. The summed E-state index contributed by atoms with van der Waals surface area (Å²) in [6, 6.07) is 10.7. The molecule has 6 heteroatoms. The predicted octanol–water partition coefficient (Wildman–Crippen LogP) is 3.00. The Kier molecular flexibility index (Phi) is 3.35. The summed E-state index contributed by atoms with van der Waals surface area (Å²) in [4.78, 5) is 12.4. The average molecular weight is 287 g/mol. The minimum absolute atomic E-state index is 0.148. The molecule has 3 rings (SSSR count). The van der Waals surface area contributed by atoms with Crippen LogP contribution in [-0.2, 0) is 6.54 Å². The van der Waals surface area contributed by atoms with Crippen LogP contribution in [0.2, 0.25) is 5.28 Å².